The van der Waals surface area contributed by atoms with Crippen molar-refractivity contribution in [1.82, 2.24) is 25.3 Å². The van der Waals surface area contributed by atoms with Crippen molar-refractivity contribution in [2.45, 2.75) is 136 Å². The van der Waals surface area contributed by atoms with Gasteiger partial charge < -0.3 is 20.0 Å². The van der Waals surface area contributed by atoms with Crippen LogP contribution in [0.5, 0.6) is 0 Å². The first kappa shape index (κ1) is 38.1. The second-order valence-corrected chi connectivity index (χ2v) is 16.6. The van der Waals surface area contributed by atoms with E-state index in [-0.39, 0.29) is 53.1 Å². The Morgan fingerprint density at radius 3 is 2.19 bits per heavy atom. The van der Waals surface area contributed by atoms with E-state index in [1.54, 1.807) is 6.92 Å². The van der Waals surface area contributed by atoms with Crippen LogP contribution in [0.15, 0.2) is 18.2 Å². The number of ketones is 2. The van der Waals surface area contributed by atoms with Gasteiger partial charge in [-0.05, 0) is 95.5 Å². The predicted molar refractivity (Wildman–Crippen MR) is 208 cm³/mol. The van der Waals surface area contributed by atoms with E-state index in [9.17, 15) is 19.2 Å². The largest absolute Gasteiger partial charge is 0.468 e. The van der Waals surface area contributed by atoms with Crippen LogP contribution in [-0.4, -0.2) is 56.0 Å². The second kappa shape index (κ2) is 14.3. The van der Waals surface area contributed by atoms with Crippen molar-refractivity contribution in [3.05, 3.63) is 68.8 Å². The number of aryl methyl sites for hydroxylation is 2. The molecule has 0 saturated heterocycles. The van der Waals surface area contributed by atoms with Crippen LogP contribution in [0.2, 0.25) is 0 Å². The van der Waals surface area contributed by atoms with Crippen LogP contribution >= 0.6 is 0 Å². The SMILES string of the molecule is CC[C@@H]1c2cc3[nH]c4c(c3C)C(=O)C(C(=O)OC)c4c3nc(cc4[nH]c(cc(n2)[C@H]1C)c(C(C)=O)c4C)[C@H](C)[C@H]3CCC(=O)NC(C)(C)CCC(C)C. The van der Waals surface area contributed by atoms with Gasteiger partial charge in [-0.25, -0.2) is 0 Å². The third kappa shape index (κ3) is 6.85. The standard InChI is InChI=1S/C43H55N5O5/c1-12-26-21(4)28-19-33-35(25(8)49)23(6)30(45-33)17-29-22(5)27(13-14-34(50)48-43(9,10)16-15-20(2)3)39(46-29)37-38(42(52)53-11)41(51)36-24(7)31(47-40(36)37)18-32(26)44-28/h17-22,26-27,38,45,47H,12-16H2,1-11H3,(H,48,50)/t21-,22+,26-,27+,38?/m0/s1. The van der Waals surface area contributed by atoms with Crippen molar-refractivity contribution in [2.75, 3.05) is 7.11 Å². The molecule has 5 atom stereocenters. The first-order valence-corrected chi connectivity index (χ1v) is 19.2. The lowest BCUT2D eigenvalue weighted by atomic mass is 9.83. The normalized spacial score (nSPS) is 21.0. The number of nitrogens with zero attached hydrogens (tertiary/aromatic N) is 2. The Morgan fingerprint density at radius 1 is 0.925 bits per heavy atom. The van der Waals surface area contributed by atoms with Crippen molar-refractivity contribution in [3.8, 4) is 0 Å². The number of carbonyl (C=O) groups is 4. The molecule has 2 aliphatic heterocycles. The summed E-state index contributed by atoms with van der Waals surface area (Å²) in [6.45, 7) is 20.3. The van der Waals surface area contributed by atoms with E-state index in [0.717, 1.165) is 58.5 Å². The molecule has 3 aromatic rings. The molecule has 0 fully saturated rings. The van der Waals surface area contributed by atoms with Crippen molar-refractivity contribution < 1.29 is 23.9 Å². The van der Waals surface area contributed by atoms with Gasteiger partial charge in [-0.15, -0.1) is 0 Å². The number of aromatic nitrogens is 4. The number of fused-ring (bicyclic) bond motifs is 8. The molecule has 0 aromatic carbocycles. The predicted octanol–water partition coefficient (Wildman–Crippen LogP) is 8.88. The number of esters is 1. The number of aromatic amines is 2. The molecule has 10 nitrogen and oxygen atoms in total. The number of H-pyrrole nitrogens is 2. The summed E-state index contributed by atoms with van der Waals surface area (Å²) >= 11 is 0. The molecule has 0 radical (unpaired) electrons. The van der Waals surface area contributed by atoms with E-state index in [1.165, 1.54) is 7.11 Å². The van der Waals surface area contributed by atoms with Gasteiger partial charge in [0.25, 0.3) is 0 Å². The fourth-order valence-corrected chi connectivity index (χ4v) is 8.77. The number of methoxy groups -OCH3 is 1. The summed E-state index contributed by atoms with van der Waals surface area (Å²) in [5, 5.41) is 3.24. The van der Waals surface area contributed by atoms with Gasteiger partial charge in [-0.3, -0.25) is 29.1 Å². The lowest BCUT2D eigenvalue weighted by Gasteiger charge is -2.28. The smallest absolute Gasteiger partial charge is 0.321 e. The number of ether oxygens (including phenoxy) is 1. The lowest BCUT2D eigenvalue weighted by molar-refractivity contribution is -0.141. The van der Waals surface area contributed by atoms with Crippen LogP contribution in [-0.2, 0) is 14.3 Å². The average Bonchev–Trinajstić information content (AvgIpc) is 3.83. The molecule has 10 heteroatoms. The van der Waals surface area contributed by atoms with Crippen molar-refractivity contribution in [2.24, 2.45) is 5.92 Å². The summed E-state index contributed by atoms with van der Waals surface area (Å²) in [7, 11) is 1.30. The summed E-state index contributed by atoms with van der Waals surface area (Å²) in [6, 6.07) is 6.00. The minimum absolute atomic E-state index is 0.0480. The van der Waals surface area contributed by atoms with Gasteiger partial charge in [-0.2, -0.15) is 0 Å². The van der Waals surface area contributed by atoms with E-state index >= 15 is 0 Å². The van der Waals surface area contributed by atoms with Crippen LogP contribution in [0.3, 0.4) is 0 Å². The zero-order chi connectivity index (χ0) is 38.7. The van der Waals surface area contributed by atoms with Crippen LogP contribution in [0.4, 0.5) is 0 Å². The van der Waals surface area contributed by atoms with Crippen LogP contribution in [0, 0.1) is 19.8 Å². The lowest BCUT2D eigenvalue weighted by Crippen LogP contribution is -2.43. The molecule has 282 valence electrons. The summed E-state index contributed by atoms with van der Waals surface area (Å²) in [5.74, 6) is -1.95. The first-order valence-electron chi connectivity index (χ1n) is 19.2. The Bertz CT molecular complexity index is 2170. The quantitative estimate of drug-likeness (QED) is 0.108. The molecule has 53 heavy (non-hydrogen) atoms. The maximum absolute atomic E-state index is 14.3. The van der Waals surface area contributed by atoms with Crippen LogP contribution < -0.4 is 5.32 Å². The maximum Gasteiger partial charge on any atom is 0.321 e. The number of carbonyl (C=O) groups excluding carboxylic acids is 4. The zero-order valence-electron chi connectivity index (χ0n) is 33.2. The molecular formula is C43H55N5O5. The molecule has 8 bridgehead atoms. The molecule has 3 aliphatic rings. The Morgan fingerprint density at radius 2 is 1.55 bits per heavy atom. The third-order valence-corrected chi connectivity index (χ3v) is 11.9. The Balaban J connectivity index is 1.62. The van der Waals surface area contributed by atoms with Crippen LogP contribution in [0.25, 0.3) is 22.1 Å². The van der Waals surface area contributed by atoms with Gasteiger partial charge in [0.1, 0.15) is 5.92 Å². The molecule has 1 aliphatic carbocycles. The molecular weight excluding hydrogens is 667 g/mol. The highest BCUT2D eigenvalue weighted by Crippen LogP contribution is 2.48. The van der Waals surface area contributed by atoms with Gasteiger partial charge >= 0.3 is 5.97 Å². The number of Topliss-reactive ketones (excluding diaryl/α,β-unsaturated/α-hetero) is 2. The van der Waals surface area contributed by atoms with Gasteiger partial charge in [0.2, 0.25) is 5.91 Å². The molecule has 3 N–H and O–H groups in total. The van der Waals surface area contributed by atoms with E-state index in [1.807, 2.05) is 32.0 Å². The number of hydrogen-bond acceptors (Lipinski definition) is 7. The highest BCUT2D eigenvalue weighted by Gasteiger charge is 2.45. The minimum atomic E-state index is -1.19. The van der Waals surface area contributed by atoms with E-state index < -0.39 is 11.9 Å². The van der Waals surface area contributed by atoms with Gasteiger partial charge in [-0.1, -0.05) is 34.6 Å². The zero-order valence-corrected chi connectivity index (χ0v) is 33.2. The summed E-state index contributed by atoms with van der Waals surface area (Å²) < 4.78 is 5.25. The van der Waals surface area contributed by atoms with E-state index in [0.29, 0.717) is 45.8 Å². The Labute approximate surface area is 312 Å². The molecule has 0 spiro atoms. The second-order valence-electron chi connectivity index (χ2n) is 16.6. The van der Waals surface area contributed by atoms with Gasteiger partial charge in [0.15, 0.2) is 11.6 Å². The fourth-order valence-electron chi connectivity index (χ4n) is 8.77. The first-order chi connectivity index (χ1) is 25.0. The summed E-state index contributed by atoms with van der Waals surface area (Å²) in [5.41, 5.74) is 8.70. The number of rotatable bonds is 10. The molecule has 6 rings (SSSR count). The number of nitrogens with one attached hydrogen (secondary N) is 3. The minimum Gasteiger partial charge on any atom is -0.468 e. The van der Waals surface area contributed by atoms with E-state index in [2.05, 4.69) is 63.8 Å². The highest BCUT2D eigenvalue weighted by molar-refractivity contribution is 6.23. The topological polar surface area (TPSA) is 147 Å². The van der Waals surface area contributed by atoms with Crippen molar-refractivity contribution in [3.63, 3.8) is 0 Å². The monoisotopic (exact) mass is 721 g/mol. The Kier molecular flexibility index (Phi) is 10.3. The Hall–Kier alpha value is -4.60. The third-order valence-electron chi connectivity index (χ3n) is 11.9. The molecule has 1 unspecified atom stereocenters. The van der Waals surface area contributed by atoms with Gasteiger partial charge in [0, 0.05) is 80.4 Å². The molecule has 3 aromatic heterocycles. The maximum atomic E-state index is 14.3. The summed E-state index contributed by atoms with van der Waals surface area (Å²) in [4.78, 5) is 71.9. The highest BCUT2D eigenvalue weighted by atomic mass is 16.5. The average molecular weight is 722 g/mol. The number of hydrogen-bond donors (Lipinski definition) is 3. The van der Waals surface area contributed by atoms with Crippen LogP contribution in [0.1, 0.15) is 177 Å². The molecule has 5 heterocycles. The fraction of sp³-hybridized carbons (Fsp3) is 0.535. The van der Waals surface area contributed by atoms with Gasteiger partial charge in [0.05, 0.1) is 23.8 Å². The summed E-state index contributed by atoms with van der Waals surface area (Å²) in [6.07, 6.45) is 3.43. The van der Waals surface area contributed by atoms with Crippen molar-refractivity contribution in [1.29, 1.82) is 0 Å². The number of amides is 1. The molecule has 1 amide bonds. The van der Waals surface area contributed by atoms with Crippen molar-refractivity contribution >= 4 is 45.5 Å². The van der Waals surface area contributed by atoms with E-state index in [4.69, 9.17) is 14.7 Å². The molecule has 0 saturated carbocycles.